The van der Waals surface area contributed by atoms with Crippen LogP contribution < -0.4 is 0 Å². The molecule has 0 fully saturated rings. The highest BCUT2D eigenvalue weighted by atomic mass is 32.1. The van der Waals surface area contributed by atoms with Gasteiger partial charge in [0, 0.05) is 21.4 Å². The van der Waals surface area contributed by atoms with E-state index in [2.05, 4.69) is 0 Å². The van der Waals surface area contributed by atoms with Crippen molar-refractivity contribution in [2.24, 2.45) is 0 Å². The molecule has 0 N–H and O–H groups in total. The molecular formula is C11H11NO2S. The molecule has 2 amide bonds. The third kappa shape index (κ3) is 1.85. The second kappa shape index (κ2) is 3.62. The van der Waals surface area contributed by atoms with Crippen LogP contribution in [0.4, 0.5) is 0 Å². The second-order valence-corrected chi connectivity index (χ2v) is 4.94. The summed E-state index contributed by atoms with van der Waals surface area (Å²) in [6.07, 6.45) is 1.39. The molecule has 0 aromatic carbocycles. The fraction of sp³-hybridized carbons (Fsp3) is 0.273. The summed E-state index contributed by atoms with van der Waals surface area (Å²) in [6.45, 7) is 4.06. The highest BCUT2D eigenvalue weighted by Crippen LogP contribution is 2.20. The zero-order valence-corrected chi connectivity index (χ0v) is 9.43. The minimum absolute atomic E-state index is 0.175. The Kier molecular flexibility index (Phi) is 2.44. The smallest absolute Gasteiger partial charge is 0.256 e. The maximum atomic E-state index is 11.6. The molecule has 0 saturated heterocycles. The van der Waals surface area contributed by atoms with Gasteiger partial charge in [-0.1, -0.05) is 0 Å². The maximum Gasteiger partial charge on any atom is 0.256 e. The lowest BCUT2D eigenvalue weighted by Gasteiger charge is -2.12. The standard InChI is InChI=1S/C11H11NO2S/c1-7-5-10(13)12(11(7)14)6-9-4-3-8(2)15-9/h3-5H,6H2,1-2H3. The Bertz CT molecular complexity index is 459. The molecule has 0 bridgehead atoms. The van der Waals surface area contributed by atoms with Gasteiger partial charge in [0.1, 0.15) is 0 Å². The van der Waals surface area contributed by atoms with Gasteiger partial charge in [-0.15, -0.1) is 11.3 Å². The Labute approximate surface area is 92.0 Å². The van der Waals surface area contributed by atoms with Crippen molar-refractivity contribution in [3.8, 4) is 0 Å². The Morgan fingerprint density at radius 2 is 2.00 bits per heavy atom. The van der Waals surface area contributed by atoms with Gasteiger partial charge in [0.05, 0.1) is 6.54 Å². The van der Waals surface area contributed by atoms with Crippen LogP contribution in [0.5, 0.6) is 0 Å². The first-order valence-corrected chi connectivity index (χ1v) is 5.49. The summed E-state index contributed by atoms with van der Waals surface area (Å²) < 4.78 is 0. The fourth-order valence-electron chi connectivity index (χ4n) is 1.51. The van der Waals surface area contributed by atoms with Gasteiger partial charge in [0.15, 0.2) is 0 Å². The molecule has 0 saturated carbocycles. The summed E-state index contributed by atoms with van der Waals surface area (Å²) >= 11 is 1.61. The van der Waals surface area contributed by atoms with E-state index in [-0.39, 0.29) is 11.8 Å². The predicted molar refractivity (Wildman–Crippen MR) is 58.4 cm³/mol. The van der Waals surface area contributed by atoms with Crippen LogP contribution in [0.25, 0.3) is 0 Å². The molecule has 1 aliphatic heterocycles. The number of carbonyl (C=O) groups is 2. The fourth-order valence-corrected chi connectivity index (χ4v) is 2.39. The topological polar surface area (TPSA) is 37.4 Å². The van der Waals surface area contributed by atoms with E-state index < -0.39 is 0 Å². The van der Waals surface area contributed by atoms with Crippen molar-refractivity contribution in [3.63, 3.8) is 0 Å². The molecule has 1 aromatic rings. The molecule has 3 nitrogen and oxygen atoms in total. The summed E-state index contributed by atoms with van der Waals surface area (Å²) in [5, 5.41) is 0. The van der Waals surface area contributed by atoms with Crippen molar-refractivity contribution in [3.05, 3.63) is 33.5 Å². The van der Waals surface area contributed by atoms with Gasteiger partial charge >= 0.3 is 0 Å². The Morgan fingerprint density at radius 1 is 1.27 bits per heavy atom. The van der Waals surface area contributed by atoms with Crippen LogP contribution in [0.2, 0.25) is 0 Å². The van der Waals surface area contributed by atoms with Crippen LogP contribution in [0.3, 0.4) is 0 Å². The zero-order chi connectivity index (χ0) is 11.0. The first kappa shape index (κ1) is 10.1. The van der Waals surface area contributed by atoms with E-state index in [1.807, 2.05) is 19.1 Å². The van der Waals surface area contributed by atoms with E-state index in [1.165, 1.54) is 15.9 Å². The van der Waals surface area contributed by atoms with E-state index in [9.17, 15) is 9.59 Å². The molecule has 1 aliphatic rings. The van der Waals surface area contributed by atoms with Gasteiger partial charge in [0.25, 0.3) is 11.8 Å². The SMILES string of the molecule is CC1=CC(=O)N(Cc2ccc(C)s2)C1=O. The monoisotopic (exact) mass is 221 g/mol. The normalized spacial score (nSPS) is 16.1. The van der Waals surface area contributed by atoms with Crippen LogP contribution in [-0.2, 0) is 16.1 Å². The van der Waals surface area contributed by atoms with Gasteiger partial charge in [0.2, 0.25) is 0 Å². The van der Waals surface area contributed by atoms with Gasteiger partial charge in [-0.3, -0.25) is 14.5 Å². The molecule has 0 unspecified atom stereocenters. The Morgan fingerprint density at radius 3 is 2.47 bits per heavy atom. The van der Waals surface area contributed by atoms with Crippen molar-refractivity contribution in [1.82, 2.24) is 4.90 Å². The van der Waals surface area contributed by atoms with Crippen LogP contribution in [0.15, 0.2) is 23.8 Å². The molecule has 0 spiro atoms. The third-order valence-electron chi connectivity index (χ3n) is 2.30. The summed E-state index contributed by atoms with van der Waals surface area (Å²) in [4.78, 5) is 26.5. The number of hydrogen-bond donors (Lipinski definition) is 0. The average Bonchev–Trinajstić information content (AvgIpc) is 2.67. The highest BCUT2D eigenvalue weighted by molar-refractivity contribution is 7.11. The third-order valence-corrected chi connectivity index (χ3v) is 3.28. The first-order chi connectivity index (χ1) is 7.08. The van der Waals surface area contributed by atoms with E-state index in [0.29, 0.717) is 12.1 Å². The molecular weight excluding hydrogens is 210 g/mol. The number of imide groups is 1. The zero-order valence-electron chi connectivity index (χ0n) is 8.61. The average molecular weight is 221 g/mol. The van der Waals surface area contributed by atoms with Crippen molar-refractivity contribution in [2.75, 3.05) is 0 Å². The lowest BCUT2D eigenvalue weighted by molar-refractivity contribution is -0.137. The summed E-state index contributed by atoms with van der Waals surface area (Å²) in [6, 6.07) is 3.94. The quantitative estimate of drug-likeness (QED) is 0.715. The van der Waals surface area contributed by atoms with Crippen molar-refractivity contribution < 1.29 is 9.59 Å². The second-order valence-electron chi connectivity index (χ2n) is 3.57. The number of hydrogen-bond acceptors (Lipinski definition) is 3. The van der Waals surface area contributed by atoms with Crippen LogP contribution in [-0.4, -0.2) is 16.7 Å². The number of amides is 2. The summed E-state index contributed by atoms with van der Waals surface area (Å²) in [5.74, 6) is -0.380. The number of rotatable bonds is 2. The number of nitrogens with zero attached hydrogens (tertiary/aromatic N) is 1. The van der Waals surface area contributed by atoms with E-state index in [0.717, 1.165) is 4.88 Å². The van der Waals surface area contributed by atoms with Gasteiger partial charge in [-0.2, -0.15) is 0 Å². The van der Waals surface area contributed by atoms with Crippen molar-refractivity contribution in [1.29, 1.82) is 0 Å². The maximum absolute atomic E-state index is 11.6. The largest absolute Gasteiger partial charge is 0.270 e. The minimum Gasteiger partial charge on any atom is -0.270 e. The van der Waals surface area contributed by atoms with Crippen LogP contribution in [0, 0.1) is 6.92 Å². The lowest BCUT2D eigenvalue weighted by Crippen LogP contribution is -2.29. The van der Waals surface area contributed by atoms with E-state index >= 15 is 0 Å². The molecule has 2 rings (SSSR count). The van der Waals surface area contributed by atoms with Crippen molar-refractivity contribution in [2.45, 2.75) is 20.4 Å². The van der Waals surface area contributed by atoms with E-state index in [1.54, 1.807) is 18.3 Å². The molecule has 0 radical (unpaired) electrons. The highest BCUT2D eigenvalue weighted by Gasteiger charge is 2.28. The molecule has 4 heteroatoms. The Balaban J connectivity index is 2.15. The molecule has 2 heterocycles. The summed E-state index contributed by atoms with van der Waals surface area (Å²) in [5.41, 5.74) is 0.522. The van der Waals surface area contributed by atoms with Gasteiger partial charge in [-0.25, -0.2) is 0 Å². The summed E-state index contributed by atoms with van der Waals surface area (Å²) in [7, 11) is 0. The van der Waals surface area contributed by atoms with Gasteiger partial charge < -0.3 is 0 Å². The Hall–Kier alpha value is -1.42. The van der Waals surface area contributed by atoms with Crippen molar-refractivity contribution >= 4 is 23.2 Å². The molecule has 0 atom stereocenters. The lowest BCUT2D eigenvalue weighted by atomic mass is 10.3. The van der Waals surface area contributed by atoms with E-state index in [4.69, 9.17) is 0 Å². The molecule has 0 aliphatic carbocycles. The number of carbonyl (C=O) groups excluding carboxylic acids is 2. The molecule has 1 aromatic heterocycles. The first-order valence-electron chi connectivity index (χ1n) is 4.67. The van der Waals surface area contributed by atoms with Crippen LogP contribution in [0.1, 0.15) is 16.7 Å². The molecule has 15 heavy (non-hydrogen) atoms. The van der Waals surface area contributed by atoms with Gasteiger partial charge in [-0.05, 0) is 26.0 Å². The predicted octanol–water partition coefficient (Wildman–Crippen LogP) is 1.87. The van der Waals surface area contributed by atoms with Crippen LogP contribution >= 0.6 is 11.3 Å². The molecule has 78 valence electrons. The number of aryl methyl sites for hydroxylation is 1. The minimum atomic E-state index is -0.205. The number of thiophene rings is 1.